The van der Waals surface area contributed by atoms with E-state index in [1.165, 1.54) is 96.3 Å². The molecule has 0 spiro atoms. The first-order valence-electron chi connectivity index (χ1n) is 10.1. The number of nitrogens with two attached hydrogens (primary N) is 1. The maximum atomic E-state index is 6.53. The summed E-state index contributed by atoms with van der Waals surface area (Å²) < 4.78 is 0. The van der Waals surface area contributed by atoms with Crippen molar-refractivity contribution in [3.63, 3.8) is 0 Å². The third kappa shape index (κ3) is 5.93. The monoisotopic (exact) mass is 293 g/mol. The predicted molar refractivity (Wildman–Crippen MR) is 93.4 cm³/mol. The second-order valence-corrected chi connectivity index (χ2v) is 7.95. The van der Waals surface area contributed by atoms with Gasteiger partial charge >= 0.3 is 0 Å². The molecule has 2 N–H and O–H groups in total. The number of hydrogen-bond acceptors (Lipinski definition) is 1. The summed E-state index contributed by atoms with van der Waals surface area (Å²) in [6.07, 6.45) is 21.5. The Morgan fingerprint density at radius 3 is 2.24 bits per heavy atom. The summed E-state index contributed by atoms with van der Waals surface area (Å²) in [4.78, 5) is 0. The fourth-order valence-corrected chi connectivity index (χ4v) is 4.87. The highest BCUT2D eigenvalue weighted by Crippen LogP contribution is 2.43. The molecule has 2 aliphatic carbocycles. The Hall–Kier alpha value is -0.0400. The van der Waals surface area contributed by atoms with Crippen molar-refractivity contribution in [3.05, 3.63) is 0 Å². The van der Waals surface area contributed by atoms with Crippen LogP contribution >= 0.6 is 0 Å². The zero-order valence-corrected chi connectivity index (χ0v) is 14.5. The van der Waals surface area contributed by atoms with Gasteiger partial charge in [0.05, 0.1) is 0 Å². The van der Waals surface area contributed by atoms with E-state index in [0.717, 1.165) is 17.8 Å². The summed E-state index contributed by atoms with van der Waals surface area (Å²) in [6.45, 7) is 2.29. The third-order valence-corrected chi connectivity index (χ3v) is 6.33. The molecule has 0 aliphatic heterocycles. The highest BCUT2D eigenvalue weighted by molar-refractivity contribution is 4.87. The zero-order valence-electron chi connectivity index (χ0n) is 14.5. The van der Waals surface area contributed by atoms with E-state index in [0.29, 0.717) is 6.04 Å². The smallest absolute Gasteiger partial charge is 0.00672 e. The van der Waals surface area contributed by atoms with Crippen LogP contribution < -0.4 is 5.73 Å². The SMILES string of the molecule is CCCCCCCCCC(N)C1CCC2CCCCC2C1. The lowest BCUT2D eigenvalue weighted by molar-refractivity contribution is 0.115. The number of rotatable bonds is 9. The lowest BCUT2D eigenvalue weighted by Crippen LogP contribution is -2.37. The second kappa shape index (κ2) is 9.87. The molecule has 0 radical (unpaired) electrons. The molecule has 21 heavy (non-hydrogen) atoms. The molecule has 2 aliphatic rings. The summed E-state index contributed by atoms with van der Waals surface area (Å²) in [7, 11) is 0. The van der Waals surface area contributed by atoms with Crippen molar-refractivity contribution in [2.75, 3.05) is 0 Å². The molecule has 124 valence electrons. The van der Waals surface area contributed by atoms with E-state index in [1.807, 2.05) is 0 Å². The van der Waals surface area contributed by atoms with Crippen LogP contribution in [0.4, 0.5) is 0 Å². The highest BCUT2D eigenvalue weighted by atomic mass is 14.7. The first kappa shape index (κ1) is 17.3. The standard InChI is InChI=1S/C20H39N/c1-2-3-4-5-6-7-8-13-20(21)19-15-14-17-11-9-10-12-18(17)16-19/h17-20H,2-16,21H2,1H3. The fourth-order valence-electron chi connectivity index (χ4n) is 4.87. The van der Waals surface area contributed by atoms with Gasteiger partial charge in [0.25, 0.3) is 0 Å². The maximum Gasteiger partial charge on any atom is 0.00672 e. The van der Waals surface area contributed by atoms with E-state index in [1.54, 1.807) is 0 Å². The average Bonchev–Trinajstić information content (AvgIpc) is 2.53. The molecular weight excluding hydrogens is 254 g/mol. The second-order valence-electron chi connectivity index (χ2n) is 7.95. The van der Waals surface area contributed by atoms with Crippen molar-refractivity contribution in [1.82, 2.24) is 0 Å². The Morgan fingerprint density at radius 2 is 1.48 bits per heavy atom. The molecule has 0 aromatic heterocycles. The molecule has 0 aromatic carbocycles. The van der Waals surface area contributed by atoms with E-state index >= 15 is 0 Å². The Balaban J connectivity index is 1.55. The molecule has 0 saturated heterocycles. The number of hydrogen-bond donors (Lipinski definition) is 1. The van der Waals surface area contributed by atoms with Crippen LogP contribution in [0.25, 0.3) is 0 Å². The van der Waals surface area contributed by atoms with Crippen molar-refractivity contribution < 1.29 is 0 Å². The molecule has 4 unspecified atom stereocenters. The van der Waals surface area contributed by atoms with Gasteiger partial charge in [-0.2, -0.15) is 0 Å². The van der Waals surface area contributed by atoms with Crippen LogP contribution in [-0.2, 0) is 0 Å². The molecule has 4 atom stereocenters. The first-order chi connectivity index (χ1) is 10.3. The molecule has 2 fully saturated rings. The van der Waals surface area contributed by atoms with Crippen molar-refractivity contribution >= 4 is 0 Å². The maximum absolute atomic E-state index is 6.53. The highest BCUT2D eigenvalue weighted by Gasteiger charge is 2.34. The fraction of sp³-hybridized carbons (Fsp3) is 1.00. The third-order valence-electron chi connectivity index (χ3n) is 6.33. The summed E-state index contributed by atoms with van der Waals surface area (Å²) >= 11 is 0. The van der Waals surface area contributed by atoms with Crippen LogP contribution in [0.3, 0.4) is 0 Å². The molecule has 1 heteroatoms. The summed E-state index contributed by atoms with van der Waals surface area (Å²) in [5, 5.41) is 0. The largest absolute Gasteiger partial charge is 0.327 e. The van der Waals surface area contributed by atoms with Crippen LogP contribution in [0.5, 0.6) is 0 Å². The lowest BCUT2D eigenvalue weighted by Gasteiger charge is -2.41. The Morgan fingerprint density at radius 1 is 0.810 bits per heavy atom. The van der Waals surface area contributed by atoms with Crippen molar-refractivity contribution in [2.45, 2.75) is 109 Å². The predicted octanol–water partition coefficient (Wildman–Crippen LogP) is 6.06. The minimum Gasteiger partial charge on any atom is -0.327 e. The van der Waals surface area contributed by atoms with Gasteiger partial charge in [-0.1, -0.05) is 77.6 Å². The van der Waals surface area contributed by atoms with Crippen molar-refractivity contribution in [3.8, 4) is 0 Å². The van der Waals surface area contributed by atoms with Crippen molar-refractivity contribution in [1.29, 1.82) is 0 Å². The summed E-state index contributed by atoms with van der Waals surface area (Å²) in [6, 6.07) is 0.503. The van der Waals surface area contributed by atoms with Crippen LogP contribution in [0, 0.1) is 17.8 Å². The zero-order chi connectivity index (χ0) is 14.9. The van der Waals surface area contributed by atoms with Gasteiger partial charge in [0.15, 0.2) is 0 Å². The molecule has 2 rings (SSSR count). The molecule has 0 aromatic rings. The quantitative estimate of drug-likeness (QED) is 0.514. The van der Waals surface area contributed by atoms with Gasteiger partial charge in [0, 0.05) is 6.04 Å². The molecule has 1 nitrogen and oxygen atoms in total. The van der Waals surface area contributed by atoms with Gasteiger partial charge < -0.3 is 5.73 Å². The molecule has 0 amide bonds. The van der Waals surface area contributed by atoms with Crippen LogP contribution in [0.2, 0.25) is 0 Å². The first-order valence-corrected chi connectivity index (χ1v) is 10.1. The lowest BCUT2D eigenvalue weighted by atomic mass is 9.66. The van der Waals surface area contributed by atoms with Gasteiger partial charge in [-0.05, 0) is 43.4 Å². The van der Waals surface area contributed by atoms with E-state index in [4.69, 9.17) is 5.73 Å². The summed E-state index contributed by atoms with van der Waals surface area (Å²) in [5.41, 5.74) is 6.53. The number of unbranched alkanes of at least 4 members (excludes halogenated alkanes) is 6. The van der Waals surface area contributed by atoms with Gasteiger partial charge in [-0.25, -0.2) is 0 Å². The van der Waals surface area contributed by atoms with Gasteiger partial charge in [-0.15, -0.1) is 0 Å². The van der Waals surface area contributed by atoms with Crippen LogP contribution in [-0.4, -0.2) is 6.04 Å². The molecule has 2 saturated carbocycles. The molecular formula is C20H39N. The van der Waals surface area contributed by atoms with Gasteiger partial charge in [0.1, 0.15) is 0 Å². The minimum absolute atomic E-state index is 0.503. The number of fused-ring (bicyclic) bond motifs is 1. The Kier molecular flexibility index (Phi) is 8.14. The van der Waals surface area contributed by atoms with Gasteiger partial charge in [-0.3, -0.25) is 0 Å². The summed E-state index contributed by atoms with van der Waals surface area (Å²) in [5.74, 6) is 2.96. The molecule has 0 heterocycles. The minimum atomic E-state index is 0.503. The van der Waals surface area contributed by atoms with E-state index in [2.05, 4.69) is 6.92 Å². The van der Waals surface area contributed by atoms with Crippen LogP contribution in [0.1, 0.15) is 103 Å². The topological polar surface area (TPSA) is 26.0 Å². The molecule has 0 bridgehead atoms. The van der Waals surface area contributed by atoms with Crippen molar-refractivity contribution in [2.24, 2.45) is 23.5 Å². The van der Waals surface area contributed by atoms with E-state index in [-0.39, 0.29) is 0 Å². The Labute approximate surface area is 133 Å². The van der Waals surface area contributed by atoms with E-state index < -0.39 is 0 Å². The normalized spacial score (nSPS) is 30.9. The van der Waals surface area contributed by atoms with Gasteiger partial charge in [0.2, 0.25) is 0 Å². The average molecular weight is 294 g/mol. The van der Waals surface area contributed by atoms with E-state index in [9.17, 15) is 0 Å². The Bertz CT molecular complexity index is 263. The van der Waals surface area contributed by atoms with Crippen LogP contribution in [0.15, 0.2) is 0 Å².